The van der Waals surface area contributed by atoms with Crippen molar-refractivity contribution in [2.75, 3.05) is 6.61 Å². The first-order valence-corrected chi connectivity index (χ1v) is 8.17. The second-order valence-corrected chi connectivity index (χ2v) is 5.90. The van der Waals surface area contributed by atoms with Crippen LogP contribution in [0.5, 0.6) is 0 Å². The molecule has 2 N–H and O–H groups in total. The summed E-state index contributed by atoms with van der Waals surface area (Å²) in [5.41, 5.74) is 1.23. The van der Waals surface area contributed by atoms with Crippen molar-refractivity contribution in [2.45, 2.75) is 6.92 Å². The van der Waals surface area contributed by atoms with Gasteiger partial charge in [-0.15, -0.1) is 0 Å². The normalized spacial score (nSPS) is 15.2. The van der Waals surface area contributed by atoms with Crippen LogP contribution in [0.15, 0.2) is 40.4 Å². The molecule has 0 aliphatic carbocycles. The first kappa shape index (κ1) is 17.2. The Balaban J connectivity index is 1.89. The molecule has 6 nitrogen and oxygen atoms in total. The van der Waals surface area contributed by atoms with Gasteiger partial charge in [-0.1, -0.05) is 11.6 Å². The number of hydrogen-bond donors (Lipinski definition) is 2. The molecule has 0 atom stereocenters. The molecule has 25 heavy (non-hydrogen) atoms. The van der Waals surface area contributed by atoms with Gasteiger partial charge in [0, 0.05) is 11.6 Å². The summed E-state index contributed by atoms with van der Waals surface area (Å²) in [6, 6.07) is 8.38. The summed E-state index contributed by atoms with van der Waals surface area (Å²) in [4.78, 5) is 23.6. The van der Waals surface area contributed by atoms with E-state index in [1.54, 1.807) is 43.3 Å². The summed E-state index contributed by atoms with van der Waals surface area (Å²) in [5.74, 6) is 0.169. The van der Waals surface area contributed by atoms with Crippen molar-refractivity contribution in [2.24, 2.45) is 0 Å². The molecule has 0 bridgehead atoms. The summed E-state index contributed by atoms with van der Waals surface area (Å²) in [5, 5.41) is 5.76. The second-order valence-electron chi connectivity index (χ2n) is 5.08. The van der Waals surface area contributed by atoms with Crippen LogP contribution in [0.2, 0.25) is 5.02 Å². The van der Waals surface area contributed by atoms with Gasteiger partial charge in [0.25, 0.3) is 5.91 Å². The molecule has 1 aliphatic heterocycles. The number of halogens is 1. The number of rotatable bonds is 4. The van der Waals surface area contributed by atoms with Crippen molar-refractivity contribution in [3.63, 3.8) is 0 Å². The zero-order valence-electron chi connectivity index (χ0n) is 13.1. The Labute approximate surface area is 153 Å². The SMILES string of the molecule is CCOC(=O)c1cc(-c2ccc(/C=C3\NC(=S)NC3=O)o2)ccc1Cl. The summed E-state index contributed by atoms with van der Waals surface area (Å²) in [6.45, 7) is 1.98. The van der Waals surface area contributed by atoms with Crippen molar-refractivity contribution in [1.29, 1.82) is 0 Å². The summed E-state index contributed by atoms with van der Waals surface area (Å²) in [6.07, 6.45) is 1.54. The van der Waals surface area contributed by atoms with E-state index in [1.807, 2.05) is 0 Å². The van der Waals surface area contributed by atoms with Gasteiger partial charge in [-0.2, -0.15) is 0 Å². The molecule has 0 unspecified atom stereocenters. The van der Waals surface area contributed by atoms with Gasteiger partial charge in [-0.25, -0.2) is 4.79 Å². The number of carbonyl (C=O) groups is 2. The van der Waals surface area contributed by atoms with Crippen molar-refractivity contribution in [3.8, 4) is 11.3 Å². The lowest BCUT2D eigenvalue weighted by Gasteiger charge is -2.05. The topological polar surface area (TPSA) is 80.6 Å². The Morgan fingerprint density at radius 2 is 2.12 bits per heavy atom. The van der Waals surface area contributed by atoms with Crippen molar-refractivity contribution < 1.29 is 18.7 Å². The van der Waals surface area contributed by atoms with Crippen LogP contribution < -0.4 is 10.6 Å². The molecule has 1 fully saturated rings. The Kier molecular flexibility index (Phi) is 4.87. The van der Waals surface area contributed by atoms with Crippen LogP contribution >= 0.6 is 23.8 Å². The Morgan fingerprint density at radius 1 is 1.32 bits per heavy atom. The van der Waals surface area contributed by atoms with Crippen molar-refractivity contribution in [1.82, 2.24) is 10.6 Å². The van der Waals surface area contributed by atoms with E-state index in [1.165, 1.54) is 0 Å². The molecule has 0 radical (unpaired) electrons. The van der Waals surface area contributed by atoms with E-state index in [9.17, 15) is 9.59 Å². The minimum atomic E-state index is -0.497. The molecule has 0 spiro atoms. The monoisotopic (exact) mass is 376 g/mol. The average molecular weight is 377 g/mol. The van der Waals surface area contributed by atoms with Crippen LogP contribution in [0.25, 0.3) is 17.4 Å². The molecular weight excluding hydrogens is 364 g/mol. The van der Waals surface area contributed by atoms with E-state index in [4.69, 9.17) is 33.0 Å². The third kappa shape index (κ3) is 3.72. The van der Waals surface area contributed by atoms with E-state index in [2.05, 4.69) is 10.6 Å². The van der Waals surface area contributed by atoms with Crippen molar-refractivity contribution >= 4 is 46.9 Å². The van der Waals surface area contributed by atoms with Crippen LogP contribution in [0.1, 0.15) is 23.0 Å². The quantitative estimate of drug-likeness (QED) is 0.485. The number of furan rings is 1. The van der Waals surface area contributed by atoms with Gasteiger partial charge in [-0.3, -0.25) is 10.1 Å². The van der Waals surface area contributed by atoms with Crippen LogP contribution in [0.3, 0.4) is 0 Å². The Morgan fingerprint density at radius 3 is 2.80 bits per heavy atom. The number of hydrogen-bond acceptors (Lipinski definition) is 5. The fourth-order valence-electron chi connectivity index (χ4n) is 2.25. The third-order valence-electron chi connectivity index (χ3n) is 3.38. The number of thiocarbonyl (C=S) groups is 1. The third-order valence-corrected chi connectivity index (χ3v) is 3.91. The number of amides is 1. The van der Waals surface area contributed by atoms with Crippen LogP contribution in [-0.2, 0) is 9.53 Å². The van der Waals surface area contributed by atoms with E-state index in [0.29, 0.717) is 27.8 Å². The van der Waals surface area contributed by atoms with Gasteiger partial charge in [0.05, 0.1) is 17.2 Å². The minimum absolute atomic E-state index is 0.250. The number of benzene rings is 1. The maximum Gasteiger partial charge on any atom is 0.339 e. The standard InChI is InChI=1S/C17H13ClN2O4S/c1-2-23-16(22)11-7-9(3-5-12(11)18)14-6-4-10(24-14)8-13-15(21)20-17(25)19-13/h3-8H,2H2,1H3,(H2,19,20,21,25)/b13-8-. The average Bonchev–Trinajstić information content (AvgIpc) is 3.15. The number of carbonyl (C=O) groups excluding carboxylic acids is 2. The lowest BCUT2D eigenvalue weighted by atomic mass is 10.1. The van der Waals surface area contributed by atoms with Gasteiger partial charge in [-0.05, 0) is 49.5 Å². The molecule has 1 saturated heterocycles. The van der Waals surface area contributed by atoms with Crippen LogP contribution in [0.4, 0.5) is 0 Å². The Bertz CT molecular complexity index is 904. The first-order valence-electron chi connectivity index (χ1n) is 7.39. The highest BCUT2D eigenvalue weighted by Crippen LogP contribution is 2.28. The zero-order chi connectivity index (χ0) is 18.0. The molecule has 0 saturated carbocycles. The van der Waals surface area contributed by atoms with E-state index < -0.39 is 5.97 Å². The van der Waals surface area contributed by atoms with Gasteiger partial charge < -0.3 is 14.5 Å². The molecule has 1 aromatic heterocycles. The highest BCUT2D eigenvalue weighted by atomic mass is 35.5. The van der Waals surface area contributed by atoms with Gasteiger partial charge in [0.1, 0.15) is 17.2 Å². The predicted octanol–water partition coefficient (Wildman–Crippen LogP) is 3.12. The number of nitrogens with one attached hydrogen (secondary N) is 2. The van der Waals surface area contributed by atoms with Gasteiger partial charge in [0.2, 0.25) is 0 Å². The molecule has 2 aromatic rings. The number of ether oxygens (including phenoxy) is 1. The molecule has 2 heterocycles. The summed E-state index contributed by atoms with van der Waals surface area (Å²) < 4.78 is 10.7. The molecule has 1 aliphatic rings. The molecule has 8 heteroatoms. The highest BCUT2D eigenvalue weighted by molar-refractivity contribution is 7.80. The van der Waals surface area contributed by atoms with E-state index in [-0.39, 0.29) is 23.2 Å². The fraction of sp³-hybridized carbons (Fsp3) is 0.118. The maximum absolute atomic E-state index is 11.9. The van der Waals surface area contributed by atoms with Gasteiger partial charge >= 0.3 is 5.97 Å². The van der Waals surface area contributed by atoms with Crippen LogP contribution in [0, 0.1) is 0 Å². The zero-order valence-corrected chi connectivity index (χ0v) is 14.7. The largest absolute Gasteiger partial charge is 0.462 e. The maximum atomic E-state index is 11.9. The highest BCUT2D eigenvalue weighted by Gasteiger charge is 2.21. The van der Waals surface area contributed by atoms with Crippen LogP contribution in [-0.4, -0.2) is 23.6 Å². The second kappa shape index (κ2) is 7.08. The lowest BCUT2D eigenvalue weighted by Crippen LogP contribution is -2.21. The fourth-order valence-corrected chi connectivity index (χ4v) is 2.65. The lowest BCUT2D eigenvalue weighted by molar-refractivity contribution is -0.115. The molecule has 3 rings (SSSR count). The Hall–Kier alpha value is -2.64. The smallest absolute Gasteiger partial charge is 0.339 e. The molecule has 1 amide bonds. The molecular formula is C17H13ClN2O4S. The summed E-state index contributed by atoms with van der Waals surface area (Å²) in [7, 11) is 0. The van der Waals surface area contributed by atoms with Gasteiger partial charge in [0.15, 0.2) is 5.11 Å². The van der Waals surface area contributed by atoms with E-state index >= 15 is 0 Å². The van der Waals surface area contributed by atoms with E-state index in [0.717, 1.165) is 0 Å². The minimum Gasteiger partial charge on any atom is -0.462 e. The molecule has 1 aromatic carbocycles. The summed E-state index contributed by atoms with van der Waals surface area (Å²) >= 11 is 10.9. The first-order chi connectivity index (χ1) is 12.0. The molecule has 128 valence electrons. The van der Waals surface area contributed by atoms with Crippen molar-refractivity contribution in [3.05, 3.63) is 52.4 Å². The number of esters is 1. The predicted molar refractivity (Wildman–Crippen MR) is 97.0 cm³/mol.